The van der Waals surface area contributed by atoms with E-state index in [1.807, 2.05) is 0 Å². The molecule has 2 rings (SSSR count). The number of rotatable bonds is 2. The highest BCUT2D eigenvalue weighted by atomic mass is 35.5. The number of carbonyl (C=O) groups is 1. The highest BCUT2D eigenvalue weighted by molar-refractivity contribution is 6.29. The Morgan fingerprint density at radius 2 is 2.33 bits per heavy atom. The standard InChI is InChI=1S/C9H7ClN2O3/c10-4-8(13)11-5-1-2-6-7(3-5)15-9(14)12-6/h1-3H,4H2,(H,11,13)(H,12,14). The molecule has 2 N–H and O–H groups in total. The summed E-state index contributed by atoms with van der Waals surface area (Å²) in [7, 11) is 0. The second-order valence-electron chi connectivity index (χ2n) is 2.91. The number of alkyl halides is 1. The van der Waals surface area contributed by atoms with Gasteiger partial charge < -0.3 is 9.73 Å². The Labute approximate surface area is 89.0 Å². The molecule has 2 aromatic rings. The van der Waals surface area contributed by atoms with Crippen LogP contribution in [0, 0.1) is 0 Å². The van der Waals surface area contributed by atoms with Gasteiger partial charge in [-0.3, -0.25) is 9.78 Å². The second-order valence-corrected chi connectivity index (χ2v) is 3.17. The Balaban J connectivity index is 2.38. The first-order valence-electron chi connectivity index (χ1n) is 4.18. The maximum absolute atomic E-state index is 11.0. The maximum Gasteiger partial charge on any atom is 0.417 e. The van der Waals surface area contributed by atoms with Gasteiger partial charge in [0.15, 0.2) is 5.58 Å². The zero-order valence-electron chi connectivity index (χ0n) is 7.54. The smallest absolute Gasteiger partial charge is 0.408 e. The monoisotopic (exact) mass is 226 g/mol. The van der Waals surface area contributed by atoms with Gasteiger partial charge in [-0.15, -0.1) is 11.6 Å². The van der Waals surface area contributed by atoms with Crippen LogP contribution in [-0.2, 0) is 4.79 Å². The minimum absolute atomic E-state index is 0.116. The lowest BCUT2D eigenvalue weighted by Gasteiger charge is -2.01. The molecule has 0 aliphatic heterocycles. The first kappa shape index (κ1) is 9.79. The predicted octanol–water partition coefficient (Wildman–Crippen LogP) is 1.30. The van der Waals surface area contributed by atoms with Gasteiger partial charge in [0.25, 0.3) is 0 Å². The number of benzene rings is 1. The van der Waals surface area contributed by atoms with Gasteiger partial charge in [-0.25, -0.2) is 4.79 Å². The number of fused-ring (bicyclic) bond motifs is 1. The van der Waals surface area contributed by atoms with Gasteiger partial charge in [0, 0.05) is 11.8 Å². The molecule has 0 saturated carbocycles. The maximum atomic E-state index is 11.0. The molecule has 0 bridgehead atoms. The number of halogens is 1. The third kappa shape index (κ3) is 2.02. The highest BCUT2D eigenvalue weighted by Gasteiger charge is 2.04. The normalized spacial score (nSPS) is 10.5. The van der Waals surface area contributed by atoms with Crippen molar-refractivity contribution in [2.75, 3.05) is 11.2 Å². The van der Waals surface area contributed by atoms with Crippen LogP contribution in [0.3, 0.4) is 0 Å². The number of carbonyl (C=O) groups excluding carboxylic acids is 1. The molecule has 0 aliphatic rings. The van der Waals surface area contributed by atoms with E-state index in [2.05, 4.69) is 10.3 Å². The number of oxazole rings is 1. The number of H-pyrrole nitrogens is 1. The lowest BCUT2D eigenvalue weighted by atomic mass is 10.3. The summed E-state index contributed by atoms with van der Waals surface area (Å²) in [6.07, 6.45) is 0. The van der Waals surface area contributed by atoms with E-state index in [0.29, 0.717) is 16.8 Å². The van der Waals surface area contributed by atoms with Crippen molar-refractivity contribution in [1.29, 1.82) is 0 Å². The van der Waals surface area contributed by atoms with Crippen LogP contribution in [0.2, 0.25) is 0 Å². The molecule has 0 saturated heterocycles. The Morgan fingerprint density at radius 1 is 1.53 bits per heavy atom. The number of nitrogens with one attached hydrogen (secondary N) is 2. The summed E-state index contributed by atoms with van der Waals surface area (Å²) < 4.78 is 4.83. The summed E-state index contributed by atoms with van der Waals surface area (Å²) in [5, 5.41) is 2.55. The van der Waals surface area contributed by atoms with Crippen LogP contribution in [0.25, 0.3) is 11.1 Å². The minimum atomic E-state index is -0.522. The molecular weight excluding hydrogens is 220 g/mol. The van der Waals surface area contributed by atoms with Crippen LogP contribution in [0.4, 0.5) is 5.69 Å². The van der Waals surface area contributed by atoms with Crippen molar-refractivity contribution < 1.29 is 9.21 Å². The van der Waals surface area contributed by atoms with E-state index in [4.69, 9.17) is 16.0 Å². The van der Waals surface area contributed by atoms with E-state index in [1.165, 1.54) is 0 Å². The van der Waals surface area contributed by atoms with Crippen LogP contribution in [0.15, 0.2) is 27.4 Å². The van der Waals surface area contributed by atoms with E-state index >= 15 is 0 Å². The number of hydrogen-bond donors (Lipinski definition) is 2. The molecule has 0 unspecified atom stereocenters. The predicted molar refractivity (Wildman–Crippen MR) is 56.2 cm³/mol. The minimum Gasteiger partial charge on any atom is -0.408 e. The molecule has 0 fully saturated rings. The van der Waals surface area contributed by atoms with E-state index in [1.54, 1.807) is 18.2 Å². The Morgan fingerprint density at radius 3 is 3.07 bits per heavy atom. The summed E-state index contributed by atoms with van der Waals surface area (Å²) in [4.78, 5) is 24.3. The molecule has 0 aliphatic carbocycles. The van der Waals surface area contributed by atoms with Crippen LogP contribution >= 0.6 is 11.6 Å². The third-order valence-corrected chi connectivity index (χ3v) is 2.07. The summed E-state index contributed by atoms with van der Waals surface area (Å²) in [6, 6.07) is 4.85. The molecule has 1 aromatic carbocycles. The van der Waals surface area contributed by atoms with Gasteiger partial charge in [-0.1, -0.05) is 0 Å². The van der Waals surface area contributed by atoms with Gasteiger partial charge in [-0.05, 0) is 12.1 Å². The molecule has 0 spiro atoms. The van der Waals surface area contributed by atoms with Gasteiger partial charge in [0.1, 0.15) is 5.88 Å². The fourth-order valence-electron chi connectivity index (χ4n) is 1.22. The summed E-state index contributed by atoms with van der Waals surface area (Å²) in [5.74, 6) is -0.950. The average molecular weight is 227 g/mol. The molecule has 0 radical (unpaired) electrons. The Hall–Kier alpha value is -1.75. The quantitative estimate of drug-likeness (QED) is 0.758. The van der Waals surface area contributed by atoms with E-state index in [-0.39, 0.29) is 11.8 Å². The van der Waals surface area contributed by atoms with Crippen molar-refractivity contribution in [3.8, 4) is 0 Å². The Kier molecular flexibility index (Phi) is 2.47. The first-order valence-corrected chi connectivity index (χ1v) is 4.71. The van der Waals surface area contributed by atoms with Crippen LogP contribution in [0.1, 0.15) is 0 Å². The molecule has 0 atom stereocenters. The number of aromatic nitrogens is 1. The fraction of sp³-hybridized carbons (Fsp3) is 0.111. The highest BCUT2D eigenvalue weighted by Crippen LogP contribution is 2.16. The van der Waals surface area contributed by atoms with E-state index in [9.17, 15) is 9.59 Å². The molecule has 15 heavy (non-hydrogen) atoms. The van der Waals surface area contributed by atoms with Crippen LogP contribution in [0.5, 0.6) is 0 Å². The summed E-state index contributed by atoms with van der Waals surface area (Å²) in [5.41, 5.74) is 1.52. The van der Waals surface area contributed by atoms with Crippen molar-refractivity contribution >= 4 is 34.3 Å². The lowest BCUT2D eigenvalue weighted by molar-refractivity contribution is -0.113. The Bertz CT molecular complexity index is 558. The summed E-state index contributed by atoms with van der Waals surface area (Å²) in [6.45, 7) is 0. The molecule has 1 aromatic heterocycles. The van der Waals surface area contributed by atoms with Crippen molar-refractivity contribution in [1.82, 2.24) is 4.98 Å². The van der Waals surface area contributed by atoms with Gasteiger partial charge in [-0.2, -0.15) is 0 Å². The first-order chi connectivity index (χ1) is 7.19. The molecule has 5 nitrogen and oxygen atoms in total. The third-order valence-electron chi connectivity index (χ3n) is 1.83. The van der Waals surface area contributed by atoms with Gasteiger partial charge in [0.05, 0.1) is 5.52 Å². The van der Waals surface area contributed by atoms with Gasteiger partial charge >= 0.3 is 5.76 Å². The second kappa shape index (κ2) is 3.78. The molecular formula is C9H7ClN2O3. The van der Waals surface area contributed by atoms with Gasteiger partial charge in [0.2, 0.25) is 5.91 Å². The van der Waals surface area contributed by atoms with Crippen molar-refractivity contribution in [3.63, 3.8) is 0 Å². The van der Waals surface area contributed by atoms with Crippen molar-refractivity contribution in [2.24, 2.45) is 0 Å². The zero-order chi connectivity index (χ0) is 10.8. The number of anilines is 1. The average Bonchev–Trinajstić information content (AvgIpc) is 2.57. The largest absolute Gasteiger partial charge is 0.417 e. The summed E-state index contributed by atoms with van der Waals surface area (Å²) >= 11 is 5.33. The van der Waals surface area contributed by atoms with E-state index in [0.717, 1.165) is 0 Å². The fourth-order valence-corrected chi connectivity index (χ4v) is 1.28. The lowest BCUT2D eigenvalue weighted by Crippen LogP contribution is -2.12. The molecule has 78 valence electrons. The van der Waals surface area contributed by atoms with Crippen molar-refractivity contribution in [2.45, 2.75) is 0 Å². The molecule has 6 heteroatoms. The van der Waals surface area contributed by atoms with E-state index < -0.39 is 5.76 Å². The topological polar surface area (TPSA) is 75.1 Å². The zero-order valence-corrected chi connectivity index (χ0v) is 8.30. The number of amides is 1. The van der Waals surface area contributed by atoms with Crippen molar-refractivity contribution in [3.05, 3.63) is 28.7 Å². The van der Waals surface area contributed by atoms with Crippen LogP contribution < -0.4 is 11.1 Å². The molecule has 1 heterocycles. The number of hydrogen-bond acceptors (Lipinski definition) is 3. The number of aromatic amines is 1. The SMILES string of the molecule is O=C(CCl)Nc1ccc2[nH]c(=O)oc2c1. The molecule has 1 amide bonds. The van der Waals surface area contributed by atoms with Crippen LogP contribution in [-0.4, -0.2) is 16.8 Å².